The number of nitrogens with one attached hydrogen (secondary N) is 2. The summed E-state index contributed by atoms with van der Waals surface area (Å²) in [4.78, 5) is 13.8. The predicted octanol–water partition coefficient (Wildman–Crippen LogP) is 4.75. The van der Waals surface area contributed by atoms with Crippen molar-refractivity contribution in [3.8, 4) is 10.8 Å². The number of thiophene rings is 1. The zero-order valence-electron chi connectivity index (χ0n) is 15.3. The number of anilines is 1. The van der Waals surface area contributed by atoms with Crippen molar-refractivity contribution < 1.29 is 9.53 Å². The van der Waals surface area contributed by atoms with Crippen molar-refractivity contribution >= 4 is 23.1 Å². The van der Waals surface area contributed by atoms with Crippen LogP contribution >= 0.6 is 11.3 Å². The monoisotopic (exact) mass is 381 g/mol. The molecule has 0 bridgehead atoms. The van der Waals surface area contributed by atoms with Crippen LogP contribution in [0, 0.1) is 0 Å². The summed E-state index contributed by atoms with van der Waals surface area (Å²) in [7, 11) is 1.62. The average molecular weight is 382 g/mol. The van der Waals surface area contributed by atoms with Crippen LogP contribution in [0.2, 0.25) is 0 Å². The van der Waals surface area contributed by atoms with Gasteiger partial charge in [0.25, 0.3) is 0 Å². The number of hydrogen-bond acceptors (Lipinski definition) is 3. The third kappa shape index (κ3) is 3.85. The van der Waals surface area contributed by atoms with E-state index in [0.29, 0.717) is 6.54 Å². The molecule has 140 valence electrons. The Morgan fingerprint density at radius 1 is 1.15 bits per heavy atom. The predicted molar refractivity (Wildman–Crippen MR) is 109 cm³/mol. The second-order valence-corrected chi connectivity index (χ2v) is 7.70. The molecule has 0 saturated heterocycles. The van der Waals surface area contributed by atoms with E-state index in [1.807, 2.05) is 47.7 Å². The molecule has 2 amide bonds. The number of carbonyl (C=O) groups excluding carboxylic acids is 1. The van der Waals surface area contributed by atoms with Gasteiger partial charge in [0.05, 0.1) is 7.11 Å². The van der Waals surface area contributed by atoms with Crippen molar-refractivity contribution in [3.63, 3.8) is 0 Å². The number of benzene rings is 1. The number of nitrogens with zero attached hydrogens (tertiary/aromatic N) is 1. The summed E-state index contributed by atoms with van der Waals surface area (Å²) in [5.41, 5.74) is 3.42. The van der Waals surface area contributed by atoms with Crippen molar-refractivity contribution in [2.75, 3.05) is 12.4 Å². The van der Waals surface area contributed by atoms with Crippen LogP contribution < -0.4 is 15.4 Å². The number of urea groups is 1. The molecule has 0 radical (unpaired) electrons. The molecular formula is C21H23N3O2S. The highest BCUT2D eigenvalue weighted by atomic mass is 32.1. The quantitative estimate of drug-likeness (QED) is 0.670. The van der Waals surface area contributed by atoms with Crippen LogP contribution in [0.25, 0.3) is 5.00 Å². The van der Waals surface area contributed by atoms with Crippen LogP contribution in [0.1, 0.15) is 28.8 Å². The van der Waals surface area contributed by atoms with E-state index in [1.54, 1.807) is 7.11 Å². The SMILES string of the molecule is COc1ccc(NC(=O)NCc2c(-n3cccc3)sc3c2CCCC3)cc1. The van der Waals surface area contributed by atoms with Crippen molar-refractivity contribution in [3.05, 3.63) is 64.8 Å². The van der Waals surface area contributed by atoms with Gasteiger partial charge in [0.1, 0.15) is 10.8 Å². The first-order valence-corrected chi connectivity index (χ1v) is 10.0. The van der Waals surface area contributed by atoms with Crippen LogP contribution in [0.5, 0.6) is 5.75 Å². The summed E-state index contributed by atoms with van der Waals surface area (Å²) < 4.78 is 7.30. The van der Waals surface area contributed by atoms with Crippen molar-refractivity contribution in [2.45, 2.75) is 32.2 Å². The smallest absolute Gasteiger partial charge is 0.319 e. The first kappa shape index (κ1) is 17.7. The maximum Gasteiger partial charge on any atom is 0.319 e. The molecule has 0 fully saturated rings. The molecule has 0 spiro atoms. The highest BCUT2D eigenvalue weighted by Gasteiger charge is 2.21. The Kier molecular flexibility index (Phi) is 5.16. The van der Waals surface area contributed by atoms with Crippen LogP contribution in [-0.4, -0.2) is 17.7 Å². The molecule has 27 heavy (non-hydrogen) atoms. The Morgan fingerprint density at radius 3 is 2.63 bits per heavy atom. The molecule has 2 heterocycles. The van der Waals surface area contributed by atoms with E-state index in [4.69, 9.17) is 4.74 Å². The second-order valence-electron chi connectivity index (χ2n) is 6.62. The Hall–Kier alpha value is -2.73. The number of aromatic nitrogens is 1. The molecule has 4 rings (SSSR count). The van der Waals surface area contributed by atoms with E-state index in [1.165, 1.54) is 33.8 Å². The Bertz CT molecular complexity index is 914. The number of methoxy groups -OCH3 is 1. The molecule has 3 aromatic rings. The minimum absolute atomic E-state index is 0.200. The van der Waals surface area contributed by atoms with Gasteiger partial charge in [-0.2, -0.15) is 0 Å². The van der Waals surface area contributed by atoms with Crippen molar-refractivity contribution in [1.29, 1.82) is 0 Å². The maximum absolute atomic E-state index is 12.4. The minimum Gasteiger partial charge on any atom is -0.497 e. The molecule has 1 aromatic carbocycles. The number of rotatable bonds is 5. The normalized spacial score (nSPS) is 13.1. The molecule has 2 N–H and O–H groups in total. The van der Waals surface area contributed by atoms with Gasteiger partial charge in [-0.1, -0.05) is 0 Å². The van der Waals surface area contributed by atoms with Gasteiger partial charge in [0.15, 0.2) is 0 Å². The van der Waals surface area contributed by atoms with E-state index in [0.717, 1.165) is 24.3 Å². The first-order valence-electron chi connectivity index (χ1n) is 9.20. The van der Waals surface area contributed by atoms with Gasteiger partial charge in [0, 0.05) is 35.1 Å². The summed E-state index contributed by atoms with van der Waals surface area (Å²) in [5, 5.41) is 7.13. The molecule has 1 aliphatic rings. The van der Waals surface area contributed by atoms with Crippen LogP contribution in [0.4, 0.5) is 10.5 Å². The fraction of sp³-hybridized carbons (Fsp3) is 0.286. The van der Waals surface area contributed by atoms with Gasteiger partial charge in [0.2, 0.25) is 0 Å². The molecule has 0 atom stereocenters. The highest BCUT2D eigenvalue weighted by molar-refractivity contribution is 7.14. The fourth-order valence-corrected chi connectivity index (χ4v) is 4.87. The minimum atomic E-state index is -0.200. The molecule has 1 aliphatic carbocycles. The summed E-state index contributed by atoms with van der Waals surface area (Å²) >= 11 is 1.86. The van der Waals surface area contributed by atoms with Gasteiger partial charge in [-0.15, -0.1) is 11.3 Å². The lowest BCUT2D eigenvalue weighted by Gasteiger charge is -2.14. The largest absolute Gasteiger partial charge is 0.497 e. The van der Waals surface area contributed by atoms with E-state index in [-0.39, 0.29) is 6.03 Å². The lowest BCUT2D eigenvalue weighted by molar-refractivity contribution is 0.251. The third-order valence-electron chi connectivity index (χ3n) is 4.87. The number of fused-ring (bicyclic) bond motifs is 1. The molecule has 2 aromatic heterocycles. The Balaban J connectivity index is 1.48. The summed E-state index contributed by atoms with van der Waals surface area (Å²) in [6.45, 7) is 0.529. The van der Waals surface area contributed by atoms with Crippen molar-refractivity contribution in [2.24, 2.45) is 0 Å². The van der Waals surface area contributed by atoms with Gasteiger partial charge < -0.3 is 19.9 Å². The molecule has 0 aliphatic heterocycles. The Labute approximate surface area is 163 Å². The lowest BCUT2D eigenvalue weighted by Crippen LogP contribution is -2.28. The van der Waals surface area contributed by atoms with Crippen LogP contribution in [-0.2, 0) is 19.4 Å². The van der Waals surface area contributed by atoms with Gasteiger partial charge in [-0.3, -0.25) is 0 Å². The van der Waals surface area contributed by atoms with E-state index in [2.05, 4.69) is 27.6 Å². The molecule has 0 unspecified atom stereocenters. The van der Waals surface area contributed by atoms with Gasteiger partial charge in [-0.25, -0.2) is 4.79 Å². The number of amides is 2. The fourth-order valence-electron chi connectivity index (χ4n) is 3.50. The maximum atomic E-state index is 12.4. The Morgan fingerprint density at radius 2 is 1.89 bits per heavy atom. The summed E-state index contributed by atoms with van der Waals surface area (Å²) in [6.07, 6.45) is 8.86. The molecule has 6 heteroatoms. The number of carbonyl (C=O) groups is 1. The standard InChI is InChI=1S/C21H23N3O2S/c1-26-16-10-8-15(9-11-16)23-21(25)22-14-18-17-6-2-3-7-19(17)27-20(18)24-12-4-5-13-24/h4-5,8-13H,2-3,6-7,14H2,1H3,(H2,22,23,25). The van der Waals surface area contributed by atoms with Gasteiger partial charge >= 0.3 is 6.03 Å². The first-order chi connectivity index (χ1) is 13.2. The third-order valence-corrected chi connectivity index (χ3v) is 6.22. The molecule has 5 nitrogen and oxygen atoms in total. The molecular weight excluding hydrogens is 358 g/mol. The number of ether oxygens (including phenoxy) is 1. The second kappa shape index (κ2) is 7.88. The van der Waals surface area contributed by atoms with E-state index < -0.39 is 0 Å². The van der Waals surface area contributed by atoms with Crippen LogP contribution in [0.15, 0.2) is 48.8 Å². The van der Waals surface area contributed by atoms with Crippen LogP contribution in [0.3, 0.4) is 0 Å². The topological polar surface area (TPSA) is 55.3 Å². The molecule has 0 saturated carbocycles. The van der Waals surface area contributed by atoms with Crippen molar-refractivity contribution in [1.82, 2.24) is 9.88 Å². The lowest BCUT2D eigenvalue weighted by atomic mass is 9.95. The number of hydrogen-bond donors (Lipinski definition) is 2. The van der Waals surface area contributed by atoms with E-state index >= 15 is 0 Å². The zero-order chi connectivity index (χ0) is 18.6. The summed E-state index contributed by atoms with van der Waals surface area (Å²) in [5.74, 6) is 0.766. The zero-order valence-corrected chi connectivity index (χ0v) is 16.1. The highest BCUT2D eigenvalue weighted by Crippen LogP contribution is 2.36. The summed E-state index contributed by atoms with van der Waals surface area (Å²) in [6, 6.07) is 11.2. The van der Waals surface area contributed by atoms with E-state index in [9.17, 15) is 4.79 Å². The number of aryl methyl sites for hydroxylation is 1. The average Bonchev–Trinajstić information content (AvgIpc) is 3.34. The van der Waals surface area contributed by atoms with Gasteiger partial charge in [-0.05, 0) is 67.6 Å².